The van der Waals surface area contributed by atoms with E-state index in [1.165, 1.54) is 19.5 Å². The fourth-order valence-corrected chi connectivity index (χ4v) is 2.98. The van der Waals surface area contributed by atoms with E-state index in [-0.39, 0.29) is 0 Å². The van der Waals surface area contributed by atoms with Crippen molar-refractivity contribution in [2.45, 2.75) is 19.8 Å². The molecule has 6 nitrogen and oxygen atoms in total. The summed E-state index contributed by atoms with van der Waals surface area (Å²) in [6.07, 6.45) is 2.35. The molecule has 1 atom stereocenters. The van der Waals surface area contributed by atoms with E-state index in [9.17, 15) is 0 Å². The topological polar surface area (TPSA) is 66.1 Å². The smallest absolute Gasteiger partial charge is 0.188 e. The van der Waals surface area contributed by atoms with Crippen LogP contribution in [-0.4, -0.2) is 81.3 Å². The minimum Gasteiger partial charge on any atom is -0.379 e. The zero-order valence-corrected chi connectivity index (χ0v) is 13.4. The largest absolute Gasteiger partial charge is 0.379 e. The molecular weight excluding hydrogens is 266 g/mol. The Kier molecular flexibility index (Phi) is 7.26. The van der Waals surface area contributed by atoms with Crippen LogP contribution in [0.3, 0.4) is 0 Å². The fourth-order valence-electron chi connectivity index (χ4n) is 2.98. The van der Waals surface area contributed by atoms with Crippen LogP contribution in [-0.2, 0) is 4.74 Å². The van der Waals surface area contributed by atoms with Gasteiger partial charge >= 0.3 is 0 Å². The summed E-state index contributed by atoms with van der Waals surface area (Å²) in [4.78, 5) is 9.40. The summed E-state index contributed by atoms with van der Waals surface area (Å²) in [6.45, 7) is 12.5. The predicted molar refractivity (Wildman–Crippen MR) is 86.6 cm³/mol. The number of nitrogens with zero attached hydrogens (tertiary/aromatic N) is 3. The van der Waals surface area contributed by atoms with Gasteiger partial charge < -0.3 is 20.7 Å². The maximum absolute atomic E-state index is 5.93. The molecule has 0 spiro atoms. The van der Waals surface area contributed by atoms with Crippen molar-refractivity contribution in [1.29, 1.82) is 0 Å². The molecule has 0 aliphatic carbocycles. The third kappa shape index (κ3) is 6.20. The van der Waals surface area contributed by atoms with Gasteiger partial charge in [0.25, 0.3) is 0 Å². The van der Waals surface area contributed by atoms with Gasteiger partial charge in [0.1, 0.15) is 0 Å². The third-order valence-corrected chi connectivity index (χ3v) is 4.40. The summed E-state index contributed by atoms with van der Waals surface area (Å²) in [7, 11) is 0. The van der Waals surface area contributed by atoms with Crippen molar-refractivity contribution >= 4 is 5.96 Å². The van der Waals surface area contributed by atoms with Crippen molar-refractivity contribution in [1.82, 2.24) is 15.1 Å². The lowest BCUT2D eigenvalue weighted by atomic mass is 10.1. The molecule has 2 aliphatic heterocycles. The van der Waals surface area contributed by atoms with Gasteiger partial charge in [0.05, 0.1) is 13.2 Å². The van der Waals surface area contributed by atoms with Crippen molar-refractivity contribution in [3.63, 3.8) is 0 Å². The number of rotatable bonds is 7. The molecular formula is C15H31N5O. The first-order valence-electron chi connectivity index (χ1n) is 8.34. The van der Waals surface area contributed by atoms with Crippen LogP contribution in [0.15, 0.2) is 4.99 Å². The quantitative estimate of drug-likeness (QED) is 0.392. The summed E-state index contributed by atoms with van der Waals surface area (Å²) >= 11 is 0. The molecule has 0 bridgehead atoms. The van der Waals surface area contributed by atoms with Crippen molar-refractivity contribution in [2.75, 3.05) is 65.6 Å². The van der Waals surface area contributed by atoms with E-state index in [2.05, 4.69) is 27.0 Å². The standard InChI is InChI=1S/C15H31N5O/c1-2-19-7-4-14(13-19)12-18-15(16)17-5-3-6-20-8-10-21-11-9-20/h14H,2-13H2,1H3,(H3,16,17,18). The lowest BCUT2D eigenvalue weighted by Gasteiger charge is -2.26. The van der Waals surface area contributed by atoms with Crippen LogP contribution in [0.1, 0.15) is 19.8 Å². The van der Waals surface area contributed by atoms with Gasteiger partial charge in [-0.05, 0) is 38.4 Å². The Bertz CT molecular complexity index is 317. The molecule has 122 valence electrons. The van der Waals surface area contributed by atoms with Crippen molar-refractivity contribution in [2.24, 2.45) is 16.6 Å². The molecule has 21 heavy (non-hydrogen) atoms. The first-order valence-corrected chi connectivity index (χ1v) is 8.34. The second-order valence-corrected chi connectivity index (χ2v) is 6.01. The fraction of sp³-hybridized carbons (Fsp3) is 0.933. The number of hydrogen-bond acceptors (Lipinski definition) is 4. The molecule has 0 aromatic carbocycles. The van der Waals surface area contributed by atoms with E-state index < -0.39 is 0 Å². The zero-order chi connectivity index (χ0) is 14.9. The molecule has 2 aliphatic rings. The number of nitrogens with one attached hydrogen (secondary N) is 1. The molecule has 0 aromatic heterocycles. The molecule has 2 fully saturated rings. The van der Waals surface area contributed by atoms with E-state index in [4.69, 9.17) is 10.5 Å². The highest BCUT2D eigenvalue weighted by molar-refractivity contribution is 5.77. The Morgan fingerprint density at radius 2 is 2.10 bits per heavy atom. The summed E-state index contributed by atoms with van der Waals surface area (Å²) in [5.74, 6) is 1.28. The van der Waals surface area contributed by atoms with Crippen LogP contribution < -0.4 is 11.1 Å². The van der Waals surface area contributed by atoms with E-state index in [0.717, 1.165) is 58.9 Å². The maximum atomic E-state index is 5.93. The van der Waals surface area contributed by atoms with Gasteiger partial charge in [0.15, 0.2) is 5.96 Å². The SMILES string of the molecule is CCN1CCC(CN=C(N)NCCCN2CCOCC2)C1. The molecule has 2 saturated heterocycles. The Hall–Kier alpha value is -0.850. The molecule has 1 unspecified atom stereocenters. The Balaban J connectivity index is 1.52. The van der Waals surface area contributed by atoms with Crippen LogP contribution in [0.2, 0.25) is 0 Å². The van der Waals surface area contributed by atoms with Crippen LogP contribution in [0.4, 0.5) is 0 Å². The number of nitrogens with two attached hydrogens (primary N) is 1. The first-order chi connectivity index (χ1) is 10.3. The van der Waals surface area contributed by atoms with Gasteiger partial charge in [-0.3, -0.25) is 9.89 Å². The molecule has 2 rings (SSSR count). The Labute approximate surface area is 128 Å². The molecule has 6 heteroatoms. The highest BCUT2D eigenvalue weighted by Gasteiger charge is 2.20. The first kappa shape index (κ1) is 16.5. The third-order valence-electron chi connectivity index (χ3n) is 4.40. The summed E-state index contributed by atoms with van der Waals surface area (Å²) in [5, 5.41) is 3.23. The number of morpholine rings is 1. The lowest BCUT2D eigenvalue weighted by Crippen LogP contribution is -2.39. The highest BCUT2D eigenvalue weighted by Crippen LogP contribution is 2.15. The lowest BCUT2D eigenvalue weighted by molar-refractivity contribution is 0.0376. The van der Waals surface area contributed by atoms with E-state index >= 15 is 0 Å². The average Bonchev–Trinajstić information content (AvgIpc) is 2.99. The molecule has 0 radical (unpaired) electrons. The normalized spacial score (nSPS) is 25.4. The van der Waals surface area contributed by atoms with Crippen molar-refractivity contribution in [3.05, 3.63) is 0 Å². The Morgan fingerprint density at radius 1 is 1.29 bits per heavy atom. The minimum atomic E-state index is 0.604. The average molecular weight is 297 g/mol. The van der Waals surface area contributed by atoms with E-state index in [1.54, 1.807) is 0 Å². The molecule has 3 N–H and O–H groups in total. The number of aliphatic imine (C=N–C) groups is 1. The monoisotopic (exact) mass is 297 g/mol. The van der Waals surface area contributed by atoms with Gasteiger partial charge in [-0.15, -0.1) is 0 Å². The predicted octanol–water partition coefficient (Wildman–Crippen LogP) is -0.0452. The maximum Gasteiger partial charge on any atom is 0.188 e. The van der Waals surface area contributed by atoms with Crippen LogP contribution in [0.25, 0.3) is 0 Å². The molecule has 0 saturated carbocycles. The van der Waals surface area contributed by atoms with Crippen LogP contribution in [0.5, 0.6) is 0 Å². The minimum absolute atomic E-state index is 0.604. The number of ether oxygens (including phenoxy) is 1. The van der Waals surface area contributed by atoms with Crippen molar-refractivity contribution < 1.29 is 4.74 Å². The summed E-state index contributed by atoms with van der Waals surface area (Å²) in [5.41, 5.74) is 5.93. The van der Waals surface area contributed by atoms with Crippen LogP contribution >= 0.6 is 0 Å². The number of hydrogen-bond donors (Lipinski definition) is 2. The highest BCUT2D eigenvalue weighted by atomic mass is 16.5. The van der Waals surface area contributed by atoms with Gasteiger partial charge in [-0.2, -0.15) is 0 Å². The van der Waals surface area contributed by atoms with E-state index in [0.29, 0.717) is 11.9 Å². The van der Waals surface area contributed by atoms with Gasteiger partial charge in [0, 0.05) is 32.7 Å². The van der Waals surface area contributed by atoms with Crippen LogP contribution in [0, 0.1) is 5.92 Å². The Morgan fingerprint density at radius 3 is 2.81 bits per heavy atom. The summed E-state index contributed by atoms with van der Waals surface area (Å²) < 4.78 is 5.34. The summed E-state index contributed by atoms with van der Waals surface area (Å²) in [6, 6.07) is 0. The van der Waals surface area contributed by atoms with Gasteiger partial charge in [-0.25, -0.2) is 0 Å². The van der Waals surface area contributed by atoms with Crippen molar-refractivity contribution in [3.8, 4) is 0 Å². The number of likely N-dealkylation sites (tertiary alicyclic amines) is 1. The van der Waals surface area contributed by atoms with Gasteiger partial charge in [0.2, 0.25) is 0 Å². The molecule has 2 heterocycles. The van der Waals surface area contributed by atoms with E-state index in [1.807, 2.05) is 0 Å². The second kappa shape index (κ2) is 9.23. The zero-order valence-electron chi connectivity index (χ0n) is 13.4. The molecule has 0 aromatic rings. The second-order valence-electron chi connectivity index (χ2n) is 6.01. The molecule has 0 amide bonds. The number of guanidine groups is 1. The van der Waals surface area contributed by atoms with Gasteiger partial charge in [-0.1, -0.05) is 6.92 Å².